The van der Waals surface area contributed by atoms with Gasteiger partial charge in [0.25, 0.3) is 10.0 Å². The molecule has 0 spiro atoms. The topological polar surface area (TPSA) is 50.3 Å². The molecule has 4 nitrogen and oxygen atoms in total. The first-order valence-corrected chi connectivity index (χ1v) is 7.98. The summed E-state index contributed by atoms with van der Waals surface area (Å²) in [5.41, 5.74) is 0.869. The summed E-state index contributed by atoms with van der Waals surface area (Å²) in [5, 5.41) is 0.823. The molecular formula is C15H11ClN2O2S. The van der Waals surface area contributed by atoms with Crippen LogP contribution in [-0.2, 0) is 10.0 Å². The van der Waals surface area contributed by atoms with Gasteiger partial charge in [-0.15, -0.1) is 0 Å². The minimum atomic E-state index is -3.82. The van der Waals surface area contributed by atoms with Crippen LogP contribution in [0.5, 0.6) is 0 Å². The molecule has 0 aliphatic heterocycles. The van der Waals surface area contributed by atoms with E-state index in [1.807, 2.05) is 12.1 Å². The van der Waals surface area contributed by atoms with Crippen LogP contribution < -0.4 is 3.82 Å². The van der Waals surface area contributed by atoms with Gasteiger partial charge < -0.3 is 0 Å². The molecule has 3 aromatic rings. The Kier molecular flexibility index (Phi) is 3.53. The zero-order chi connectivity index (χ0) is 14.9. The van der Waals surface area contributed by atoms with E-state index in [0.29, 0.717) is 11.2 Å². The second-order valence-electron chi connectivity index (χ2n) is 4.39. The number of hydrogen-bond donors (Lipinski definition) is 0. The van der Waals surface area contributed by atoms with E-state index in [9.17, 15) is 8.42 Å². The molecular weight excluding hydrogens is 308 g/mol. The summed E-state index contributed by atoms with van der Waals surface area (Å²) in [6.45, 7) is 0. The summed E-state index contributed by atoms with van der Waals surface area (Å²) in [6.07, 6.45) is 1.60. The monoisotopic (exact) mass is 318 g/mol. The van der Waals surface area contributed by atoms with Gasteiger partial charge in [-0.1, -0.05) is 36.4 Å². The fraction of sp³-hybridized carbons (Fsp3) is 0. The van der Waals surface area contributed by atoms with Gasteiger partial charge in [-0.2, -0.15) is 12.2 Å². The van der Waals surface area contributed by atoms with E-state index in [1.54, 1.807) is 42.6 Å². The third kappa shape index (κ3) is 2.46. The molecule has 6 heteroatoms. The van der Waals surface area contributed by atoms with Gasteiger partial charge in [0.1, 0.15) is 0 Å². The third-order valence-electron chi connectivity index (χ3n) is 3.05. The molecule has 0 aliphatic carbocycles. The van der Waals surface area contributed by atoms with Gasteiger partial charge in [0, 0.05) is 23.4 Å². The first-order chi connectivity index (χ1) is 10.1. The van der Waals surface area contributed by atoms with Crippen LogP contribution in [-0.4, -0.2) is 13.4 Å². The molecule has 0 radical (unpaired) electrons. The average Bonchev–Trinajstić information content (AvgIpc) is 2.54. The maximum Gasteiger partial charge on any atom is 0.278 e. The van der Waals surface area contributed by atoms with Crippen LogP contribution in [0, 0.1) is 0 Å². The Labute approximate surface area is 127 Å². The van der Waals surface area contributed by atoms with Crippen molar-refractivity contribution in [3.05, 3.63) is 66.9 Å². The predicted octanol–water partition coefficient (Wildman–Crippen LogP) is 3.58. The van der Waals surface area contributed by atoms with Crippen molar-refractivity contribution in [3.63, 3.8) is 0 Å². The quantitative estimate of drug-likeness (QED) is 0.693. The lowest BCUT2D eigenvalue weighted by Gasteiger charge is -2.17. The number of fused-ring (bicyclic) bond motifs is 1. The molecule has 0 aliphatic rings. The normalized spacial score (nSPS) is 11.5. The predicted molar refractivity (Wildman–Crippen MR) is 83.7 cm³/mol. The van der Waals surface area contributed by atoms with Crippen molar-refractivity contribution in [3.8, 4) is 0 Å². The van der Waals surface area contributed by atoms with Crippen molar-refractivity contribution in [2.45, 2.75) is 4.90 Å². The van der Waals surface area contributed by atoms with Gasteiger partial charge in [0.05, 0.1) is 16.1 Å². The van der Waals surface area contributed by atoms with Crippen LogP contribution in [0.1, 0.15) is 0 Å². The highest BCUT2D eigenvalue weighted by Gasteiger charge is 2.25. The fourth-order valence-electron chi connectivity index (χ4n) is 2.04. The maximum atomic E-state index is 12.5. The van der Waals surface area contributed by atoms with Crippen molar-refractivity contribution >= 4 is 38.4 Å². The van der Waals surface area contributed by atoms with Gasteiger partial charge in [-0.25, -0.2) is 0 Å². The zero-order valence-corrected chi connectivity index (χ0v) is 12.4. The van der Waals surface area contributed by atoms with Crippen molar-refractivity contribution in [2.75, 3.05) is 3.82 Å². The summed E-state index contributed by atoms with van der Waals surface area (Å²) >= 11 is 6.12. The molecule has 0 amide bonds. The van der Waals surface area contributed by atoms with Crippen LogP contribution in [0.2, 0.25) is 0 Å². The number of benzene rings is 2. The van der Waals surface area contributed by atoms with Gasteiger partial charge in [0.15, 0.2) is 0 Å². The first kappa shape index (κ1) is 13.9. The first-order valence-electron chi connectivity index (χ1n) is 6.20. The van der Waals surface area contributed by atoms with Crippen LogP contribution >= 0.6 is 11.8 Å². The number of sulfonamides is 1. The molecule has 106 valence electrons. The molecule has 1 aromatic heterocycles. The second-order valence-corrected chi connectivity index (χ2v) is 6.71. The van der Waals surface area contributed by atoms with E-state index in [0.717, 1.165) is 9.21 Å². The summed E-state index contributed by atoms with van der Waals surface area (Å²) in [6, 6.07) is 16.9. The molecule has 0 saturated heterocycles. The lowest BCUT2D eigenvalue weighted by molar-refractivity contribution is 0.598. The molecule has 0 saturated carbocycles. The van der Waals surface area contributed by atoms with E-state index >= 15 is 0 Å². The van der Waals surface area contributed by atoms with Crippen molar-refractivity contribution in [1.29, 1.82) is 0 Å². The Morgan fingerprint density at radius 3 is 2.38 bits per heavy atom. The van der Waals surface area contributed by atoms with E-state index in [4.69, 9.17) is 11.8 Å². The molecule has 0 fully saturated rings. The molecule has 2 aromatic carbocycles. The summed E-state index contributed by atoms with van der Waals surface area (Å²) < 4.78 is 25.8. The van der Waals surface area contributed by atoms with Gasteiger partial charge in [0.2, 0.25) is 0 Å². The van der Waals surface area contributed by atoms with E-state index in [1.165, 1.54) is 12.1 Å². The highest BCUT2D eigenvalue weighted by Crippen LogP contribution is 2.31. The van der Waals surface area contributed by atoms with Crippen LogP contribution in [0.15, 0.2) is 71.8 Å². The number of rotatable bonds is 3. The number of halogens is 1. The fourth-order valence-corrected chi connectivity index (χ4v) is 3.51. The summed E-state index contributed by atoms with van der Waals surface area (Å²) in [5.74, 6) is 0. The number of nitrogens with zero attached hydrogens (tertiary/aromatic N) is 2. The van der Waals surface area contributed by atoms with Crippen molar-refractivity contribution in [2.24, 2.45) is 0 Å². The Hall–Kier alpha value is -2.11. The number of anilines is 1. The lowest BCUT2D eigenvalue weighted by atomic mass is 10.2. The number of pyridine rings is 1. The minimum Gasteiger partial charge on any atom is -0.254 e. The highest BCUT2D eigenvalue weighted by atomic mass is 35.5. The molecule has 0 unspecified atom stereocenters. The van der Waals surface area contributed by atoms with Crippen LogP contribution in [0.3, 0.4) is 0 Å². The highest BCUT2D eigenvalue weighted by molar-refractivity contribution is 7.94. The number of para-hydroxylation sites is 1. The number of hydrogen-bond acceptors (Lipinski definition) is 3. The zero-order valence-electron chi connectivity index (χ0n) is 10.8. The van der Waals surface area contributed by atoms with E-state index in [2.05, 4.69) is 4.98 Å². The average molecular weight is 319 g/mol. The minimum absolute atomic E-state index is 0.132. The van der Waals surface area contributed by atoms with Crippen LogP contribution in [0.25, 0.3) is 10.9 Å². The molecule has 3 rings (SSSR count). The Morgan fingerprint density at radius 1 is 0.905 bits per heavy atom. The van der Waals surface area contributed by atoms with Crippen molar-refractivity contribution in [1.82, 2.24) is 4.98 Å². The number of aromatic nitrogens is 1. The SMILES string of the molecule is O=S(=O)(c1ccccc1)N(Cl)c1cccc2cccnc12. The van der Waals surface area contributed by atoms with Gasteiger partial charge in [-0.3, -0.25) is 4.98 Å². The lowest BCUT2D eigenvalue weighted by Crippen LogP contribution is -2.21. The van der Waals surface area contributed by atoms with E-state index < -0.39 is 10.0 Å². The van der Waals surface area contributed by atoms with Crippen LogP contribution in [0.4, 0.5) is 5.69 Å². The molecule has 0 atom stereocenters. The van der Waals surface area contributed by atoms with Gasteiger partial charge in [-0.05, 0) is 24.3 Å². The molecule has 0 N–H and O–H groups in total. The second kappa shape index (κ2) is 5.35. The van der Waals surface area contributed by atoms with Gasteiger partial charge >= 0.3 is 0 Å². The Bertz CT molecular complexity index is 877. The van der Waals surface area contributed by atoms with Crippen molar-refractivity contribution < 1.29 is 8.42 Å². The molecule has 1 heterocycles. The van der Waals surface area contributed by atoms with E-state index in [-0.39, 0.29) is 4.90 Å². The molecule has 21 heavy (non-hydrogen) atoms. The smallest absolute Gasteiger partial charge is 0.254 e. The summed E-state index contributed by atoms with van der Waals surface area (Å²) in [7, 11) is -3.82. The molecule has 0 bridgehead atoms. The third-order valence-corrected chi connectivity index (χ3v) is 5.27. The Balaban J connectivity index is 2.15. The Morgan fingerprint density at radius 2 is 1.62 bits per heavy atom. The maximum absolute atomic E-state index is 12.5. The standard InChI is InChI=1S/C15H11ClN2O2S/c16-18(21(19,20)13-8-2-1-3-9-13)14-10-4-6-12-7-5-11-17-15(12)14/h1-11H. The largest absolute Gasteiger partial charge is 0.278 e. The summed E-state index contributed by atoms with van der Waals surface area (Å²) in [4.78, 5) is 4.35.